The lowest BCUT2D eigenvalue weighted by Crippen LogP contribution is -2.71. The molecule has 1 rings (SSSR count). The van der Waals surface area contributed by atoms with Crippen LogP contribution in [0.25, 0.3) is 0 Å². The van der Waals surface area contributed by atoms with Crippen molar-refractivity contribution in [2.75, 3.05) is 7.05 Å². The highest BCUT2D eigenvalue weighted by Crippen LogP contribution is 2.32. The van der Waals surface area contributed by atoms with E-state index in [4.69, 9.17) is 0 Å². The molecule has 1 atom stereocenters. The van der Waals surface area contributed by atoms with Gasteiger partial charge in [-0.2, -0.15) is 0 Å². The van der Waals surface area contributed by atoms with Gasteiger partial charge in [-0.25, -0.2) is 0 Å². The third-order valence-electron chi connectivity index (χ3n) is 3.95. The van der Waals surface area contributed by atoms with Gasteiger partial charge in [-0.3, -0.25) is 9.59 Å². The fraction of sp³-hybridized carbons (Fsp3) is 0.846. The van der Waals surface area contributed by atoms with Gasteiger partial charge in [-0.1, -0.05) is 34.6 Å². The molecule has 0 aromatic rings. The minimum atomic E-state index is -0.668. The van der Waals surface area contributed by atoms with Crippen molar-refractivity contribution >= 4 is 11.8 Å². The van der Waals surface area contributed by atoms with Gasteiger partial charge >= 0.3 is 0 Å². The number of nitrogens with zero attached hydrogens (tertiary/aromatic N) is 1. The van der Waals surface area contributed by atoms with Crippen molar-refractivity contribution in [3.63, 3.8) is 0 Å². The fourth-order valence-electron chi connectivity index (χ4n) is 2.52. The molecular formula is C13H24N2O2. The summed E-state index contributed by atoms with van der Waals surface area (Å²) in [6.07, 6.45) is 1.29. The molecule has 4 nitrogen and oxygen atoms in total. The van der Waals surface area contributed by atoms with Crippen LogP contribution >= 0.6 is 0 Å². The summed E-state index contributed by atoms with van der Waals surface area (Å²) in [5.74, 6) is -0.00896. The van der Waals surface area contributed by atoms with Crippen molar-refractivity contribution in [3.8, 4) is 0 Å². The van der Waals surface area contributed by atoms with E-state index in [2.05, 4.69) is 5.32 Å². The van der Waals surface area contributed by atoms with Crippen molar-refractivity contribution in [1.29, 1.82) is 0 Å². The summed E-state index contributed by atoms with van der Waals surface area (Å²) < 4.78 is 0. The van der Waals surface area contributed by atoms with Crippen LogP contribution in [-0.2, 0) is 9.59 Å². The van der Waals surface area contributed by atoms with Crippen LogP contribution in [-0.4, -0.2) is 35.3 Å². The lowest BCUT2D eigenvalue weighted by atomic mass is 9.79. The zero-order valence-electron chi connectivity index (χ0n) is 11.8. The summed E-state index contributed by atoms with van der Waals surface area (Å²) in [5.41, 5.74) is -0.923. The van der Waals surface area contributed by atoms with E-state index in [0.29, 0.717) is 12.8 Å². The van der Waals surface area contributed by atoms with Crippen molar-refractivity contribution in [2.45, 2.75) is 59.0 Å². The van der Waals surface area contributed by atoms with Gasteiger partial charge < -0.3 is 10.2 Å². The van der Waals surface area contributed by atoms with Gasteiger partial charge in [0.25, 0.3) is 0 Å². The maximum atomic E-state index is 12.4. The van der Waals surface area contributed by atoms with Crippen molar-refractivity contribution in [3.05, 3.63) is 0 Å². The second kappa shape index (κ2) is 4.31. The van der Waals surface area contributed by atoms with E-state index < -0.39 is 11.6 Å². The zero-order valence-corrected chi connectivity index (χ0v) is 11.8. The van der Waals surface area contributed by atoms with Crippen LogP contribution in [0.1, 0.15) is 47.5 Å². The van der Waals surface area contributed by atoms with Crippen molar-refractivity contribution in [1.82, 2.24) is 10.2 Å². The molecule has 2 amide bonds. The molecule has 1 saturated heterocycles. The Morgan fingerprint density at radius 3 is 2.06 bits per heavy atom. The van der Waals surface area contributed by atoms with Gasteiger partial charge in [0.1, 0.15) is 11.6 Å². The molecule has 1 unspecified atom stereocenters. The Hall–Kier alpha value is -1.06. The Kier molecular flexibility index (Phi) is 3.55. The van der Waals surface area contributed by atoms with Gasteiger partial charge in [-0.15, -0.1) is 0 Å². The van der Waals surface area contributed by atoms with Gasteiger partial charge in [0, 0.05) is 7.05 Å². The highest BCUT2D eigenvalue weighted by atomic mass is 16.2. The molecule has 1 fully saturated rings. The Morgan fingerprint density at radius 1 is 1.24 bits per heavy atom. The normalized spacial score (nSPS) is 24.8. The molecule has 1 aliphatic heterocycles. The largest absolute Gasteiger partial charge is 0.342 e. The van der Waals surface area contributed by atoms with Crippen molar-refractivity contribution in [2.24, 2.45) is 5.41 Å². The SMILES string of the molecule is CCC1(CC)C(=O)NC(C(C)(C)C)C(=O)N1C. The first-order chi connectivity index (χ1) is 7.70. The number of carbonyl (C=O) groups excluding carboxylic acids is 2. The minimum absolute atomic E-state index is 0.0146. The minimum Gasteiger partial charge on any atom is -0.342 e. The van der Waals surface area contributed by atoms with Gasteiger partial charge in [0.05, 0.1) is 0 Å². The van der Waals surface area contributed by atoms with Crippen LogP contribution in [0.4, 0.5) is 0 Å². The van der Waals surface area contributed by atoms with Crippen LogP contribution in [0.5, 0.6) is 0 Å². The summed E-state index contributed by atoms with van der Waals surface area (Å²) in [6, 6.07) is -0.425. The van der Waals surface area contributed by atoms with E-state index >= 15 is 0 Å². The molecular weight excluding hydrogens is 216 g/mol. The molecule has 1 aliphatic rings. The molecule has 4 heteroatoms. The van der Waals surface area contributed by atoms with E-state index in [1.807, 2.05) is 34.6 Å². The van der Waals surface area contributed by atoms with Crippen molar-refractivity contribution < 1.29 is 9.59 Å². The average molecular weight is 240 g/mol. The number of hydrogen-bond acceptors (Lipinski definition) is 2. The number of piperazine rings is 1. The monoisotopic (exact) mass is 240 g/mol. The molecule has 0 aromatic heterocycles. The molecule has 98 valence electrons. The predicted octanol–water partition coefficient (Wildman–Crippen LogP) is 1.55. The summed E-state index contributed by atoms with van der Waals surface area (Å²) in [5, 5.41) is 2.90. The standard InChI is InChI=1S/C13H24N2O2/c1-7-13(8-2)11(17)14-9(12(3,4)5)10(16)15(13)6/h9H,7-8H2,1-6H3,(H,14,17). The maximum Gasteiger partial charge on any atom is 0.246 e. The number of nitrogens with one attached hydrogen (secondary N) is 1. The van der Waals surface area contributed by atoms with Crippen LogP contribution < -0.4 is 5.32 Å². The first-order valence-corrected chi connectivity index (χ1v) is 6.29. The van der Waals surface area contributed by atoms with Crippen LogP contribution in [0.3, 0.4) is 0 Å². The second-order valence-electron chi connectivity index (χ2n) is 5.91. The summed E-state index contributed by atoms with van der Waals surface area (Å²) >= 11 is 0. The summed E-state index contributed by atoms with van der Waals surface area (Å²) in [4.78, 5) is 26.3. The first-order valence-electron chi connectivity index (χ1n) is 6.29. The summed E-state index contributed by atoms with van der Waals surface area (Å²) in [6.45, 7) is 9.80. The quantitative estimate of drug-likeness (QED) is 0.796. The number of rotatable bonds is 2. The second-order valence-corrected chi connectivity index (χ2v) is 5.91. The fourth-order valence-corrected chi connectivity index (χ4v) is 2.52. The van der Waals surface area contributed by atoms with E-state index in [-0.39, 0.29) is 17.2 Å². The van der Waals surface area contributed by atoms with E-state index in [9.17, 15) is 9.59 Å². The van der Waals surface area contributed by atoms with Gasteiger partial charge in [0.15, 0.2) is 0 Å². The lowest BCUT2D eigenvalue weighted by Gasteiger charge is -2.48. The Balaban J connectivity index is 3.12. The smallest absolute Gasteiger partial charge is 0.246 e. The maximum absolute atomic E-state index is 12.4. The topological polar surface area (TPSA) is 49.4 Å². The molecule has 0 radical (unpaired) electrons. The van der Waals surface area contributed by atoms with Gasteiger partial charge in [0.2, 0.25) is 11.8 Å². The molecule has 1 N–H and O–H groups in total. The lowest BCUT2D eigenvalue weighted by molar-refractivity contribution is -0.159. The zero-order chi connectivity index (χ0) is 13.4. The molecule has 0 aliphatic carbocycles. The van der Waals surface area contributed by atoms with E-state index in [1.165, 1.54) is 0 Å². The van der Waals surface area contributed by atoms with E-state index in [1.54, 1.807) is 11.9 Å². The van der Waals surface area contributed by atoms with Crippen LogP contribution in [0.15, 0.2) is 0 Å². The molecule has 0 saturated carbocycles. The Labute approximate surface area is 104 Å². The Morgan fingerprint density at radius 2 is 1.71 bits per heavy atom. The predicted molar refractivity (Wildman–Crippen MR) is 67.5 cm³/mol. The molecule has 17 heavy (non-hydrogen) atoms. The van der Waals surface area contributed by atoms with E-state index in [0.717, 1.165) is 0 Å². The molecule has 0 aromatic carbocycles. The number of amides is 2. The third kappa shape index (κ3) is 2.05. The molecule has 0 spiro atoms. The first kappa shape index (κ1) is 14.0. The molecule has 1 heterocycles. The van der Waals surface area contributed by atoms with Gasteiger partial charge in [-0.05, 0) is 18.3 Å². The third-order valence-corrected chi connectivity index (χ3v) is 3.95. The average Bonchev–Trinajstić information content (AvgIpc) is 2.24. The van der Waals surface area contributed by atoms with Crippen LogP contribution in [0.2, 0.25) is 0 Å². The number of likely N-dealkylation sites (N-methyl/N-ethyl adjacent to an activating group) is 1. The van der Waals surface area contributed by atoms with Crippen LogP contribution in [0, 0.1) is 5.41 Å². The highest BCUT2D eigenvalue weighted by Gasteiger charge is 2.51. The molecule has 0 bridgehead atoms. The Bertz CT molecular complexity index is 327. The highest BCUT2D eigenvalue weighted by molar-refractivity contribution is 6.00. The number of carbonyl (C=O) groups is 2. The number of hydrogen-bond donors (Lipinski definition) is 1. The summed E-state index contributed by atoms with van der Waals surface area (Å²) in [7, 11) is 1.74.